The molecule has 1 fully saturated rings. The molecule has 1 aromatic rings. The summed E-state index contributed by atoms with van der Waals surface area (Å²) < 4.78 is 5.62. The molecule has 21 heavy (non-hydrogen) atoms. The minimum atomic E-state index is -0.449. The highest BCUT2D eigenvalue weighted by atomic mass is 16.5. The molecule has 0 heterocycles. The Labute approximate surface area is 128 Å². The lowest BCUT2D eigenvalue weighted by atomic mass is 10.1. The van der Waals surface area contributed by atoms with E-state index in [0.717, 1.165) is 30.6 Å². The molecule has 3 unspecified atom stereocenters. The molecule has 0 aromatic heterocycles. The van der Waals surface area contributed by atoms with Gasteiger partial charge in [0.05, 0.1) is 0 Å². The van der Waals surface area contributed by atoms with Crippen LogP contribution in [0, 0.1) is 11.8 Å². The first-order valence-corrected chi connectivity index (χ1v) is 8.28. The van der Waals surface area contributed by atoms with Gasteiger partial charge in [-0.2, -0.15) is 0 Å². The van der Waals surface area contributed by atoms with Crippen LogP contribution in [0.2, 0.25) is 0 Å². The average Bonchev–Trinajstić information content (AvgIpc) is 2.91. The summed E-state index contributed by atoms with van der Waals surface area (Å²) in [6, 6.07) is 8.08. The van der Waals surface area contributed by atoms with E-state index in [0.29, 0.717) is 13.2 Å². The third kappa shape index (κ3) is 5.68. The second-order valence-corrected chi connectivity index (χ2v) is 6.40. The van der Waals surface area contributed by atoms with Crippen molar-refractivity contribution in [3.63, 3.8) is 0 Å². The second-order valence-electron chi connectivity index (χ2n) is 6.40. The van der Waals surface area contributed by atoms with Crippen molar-refractivity contribution in [1.82, 2.24) is 5.32 Å². The summed E-state index contributed by atoms with van der Waals surface area (Å²) in [6.45, 7) is 6.44. The van der Waals surface area contributed by atoms with Gasteiger partial charge in [-0.25, -0.2) is 0 Å². The molecule has 0 bridgehead atoms. The van der Waals surface area contributed by atoms with Gasteiger partial charge in [0, 0.05) is 6.54 Å². The van der Waals surface area contributed by atoms with Crippen molar-refractivity contribution in [1.29, 1.82) is 0 Å². The van der Waals surface area contributed by atoms with E-state index in [-0.39, 0.29) is 0 Å². The summed E-state index contributed by atoms with van der Waals surface area (Å²) in [6.07, 6.45) is 4.58. The van der Waals surface area contributed by atoms with Crippen molar-refractivity contribution < 1.29 is 9.84 Å². The minimum Gasteiger partial charge on any atom is -0.491 e. The highest BCUT2D eigenvalue weighted by Crippen LogP contribution is 2.29. The third-order valence-corrected chi connectivity index (χ3v) is 4.39. The number of rotatable bonds is 8. The summed E-state index contributed by atoms with van der Waals surface area (Å²) in [7, 11) is 0. The number of hydrogen-bond donors (Lipinski definition) is 2. The lowest BCUT2D eigenvalue weighted by Gasteiger charge is -2.15. The molecule has 1 saturated carbocycles. The molecule has 3 heteroatoms. The second kappa shape index (κ2) is 8.40. The molecular weight excluding hydrogens is 262 g/mol. The zero-order valence-electron chi connectivity index (χ0n) is 13.3. The van der Waals surface area contributed by atoms with Crippen LogP contribution >= 0.6 is 0 Å². The van der Waals surface area contributed by atoms with Gasteiger partial charge in [-0.15, -0.1) is 0 Å². The average molecular weight is 291 g/mol. The fourth-order valence-corrected chi connectivity index (χ4v) is 3.04. The first kappa shape index (κ1) is 16.3. The van der Waals surface area contributed by atoms with Gasteiger partial charge < -0.3 is 15.2 Å². The van der Waals surface area contributed by atoms with Crippen LogP contribution in [0.15, 0.2) is 24.3 Å². The quantitative estimate of drug-likeness (QED) is 0.773. The van der Waals surface area contributed by atoms with Crippen LogP contribution in [0.1, 0.15) is 38.7 Å². The maximum atomic E-state index is 9.95. The van der Waals surface area contributed by atoms with Gasteiger partial charge in [0.2, 0.25) is 0 Å². The summed E-state index contributed by atoms with van der Waals surface area (Å²) in [5, 5.41) is 13.3. The summed E-state index contributed by atoms with van der Waals surface area (Å²) in [5.41, 5.74) is 1.30. The molecule has 0 amide bonds. The fraction of sp³-hybridized carbons (Fsp3) is 0.667. The van der Waals surface area contributed by atoms with Crippen molar-refractivity contribution in [2.24, 2.45) is 11.8 Å². The molecule has 3 nitrogen and oxygen atoms in total. The molecule has 1 aliphatic carbocycles. The van der Waals surface area contributed by atoms with Crippen LogP contribution in [-0.2, 0) is 6.42 Å². The Hall–Kier alpha value is -1.06. The SMILES string of the molecule is CCc1ccc(OCC(O)CNCC2CCC(C)C2)cc1. The van der Waals surface area contributed by atoms with E-state index >= 15 is 0 Å². The predicted molar refractivity (Wildman–Crippen MR) is 86.7 cm³/mol. The molecule has 1 aliphatic rings. The number of nitrogens with one attached hydrogen (secondary N) is 1. The number of hydrogen-bond acceptors (Lipinski definition) is 3. The highest BCUT2D eigenvalue weighted by molar-refractivity contribution is 5.27. The van der Waals surface area contributed by atoms with Gasteiger partial charge in [-0.05, 0) is 55.3 Å². The Balaban J connectivity index is 1.59. The summed E-state index contributed by atoms with van der Waals surface area (Å²) in [4.78, 5) is 0. The van der Waals surface area contributed by atoms with Crippen molar-refractivity contribution >= 4 is 0 Å². The number of aryl methyl sites for hydroxylation is 1. The Morgan fingerprint density at radius 1 is 1.29 bits per heavy atom. The first-order chi connectivity index (χ1) is 10.2. The molecule has 118 valence electrons. The monoisotopic (exact) mass is 291 g/mol. The molecule has 3 atom stereocenters. The lowest BCUT2D eigenvalue weighted by molar-refractivity contribution is 0.105. The van der Waals surface area contributed by atoms with Gasteiger partial charge in [0.15, 0.2) is 0 Å². The zero-order chi connectivity index (χ0) is 15.1. The summed E-state index contributed by atoms with van der Waals surface area (Å²) in [5.74, 6) is 2.49. The van der Waals surface area contributed by atoms with Crippen LogP contribution < -0.4 is 10.1 Å². The molecular formula is C18H29NO2. The van der Waals surface area contributed by atoms with E-state index < -0.39 is 6.10 Å². The highest BCUT2D eigenvalue weighted by Gasteiger charge is 2.20. The van der Waals surface area contributed by atoms with Crippen molar-refractivity contribution in [2.45, 2.75) is 45.6 Å². The van der Waals surface area contributed by atoms with E-state index in [9.17, 15) is 5.11 Å². The van der Waals surface area contributed by atoms with Crippen LogP contribution in [0.25, 0.3) is 0 Å². The topological polar surface area (TPSA) is 41.5 Å². The fourth-order valence-electron chi connectivity index (χ4n) is 3.04. The Bertz CT molecular complexity index is 404. The first-order valence-electron chi connectivity index (χ1n) is 8.28. The predicted octanol–water partition coefficient (Wildman–Crippen LogP) is 3.01. The Kier molecular flexibility index (Phi) is 6.52. The van der Waals surface area contributed by atoms with Crippen molar-refractivity contribution in [2.75, 3.05) is 19.7 Å². The van der Waals surface area contributed by atoms with Crippen LogP contribution in [0.3, 0.4) is 0 Å². The zero-order valence-corrected chi connectivity index (χ0v) is 13.3. The smallest absolute Gasteiger partial charge is 0.119 e. The Morgan fingerprint density at radius 2 is 2.05 bits per heavy atom. The molecule has 2 rings (SSSR count). The van der Waals surface area contributed by atoms with E-state index in [1.165, 1.54) is 24.8 Å². The van der Waals surface area contributed by atoms with Gasteiger partial charge in [-0.1, -0.05) is 32.4 Å². The van der Waals surface area contributed by atoms with Gasteiger partial charge in [-0.3, -0.25) is 0 Å². The normalized spacial score (nSPS) is 23.2. The molecule has 0 saturated heterocycles. The number of aliphatic hydroxyl groups excluding tert-OH is 1. The summed E-state index contributed by atoms with van der Waals surface area (Å²) >= 11 is 0. The molecule has 0 spiro atoms. The van der Waals surface area contributed by atoms with Crippen LogP contribution in [0.5, 0.6) is 5.75 Å². The van der Waals surface area contributed by atoms with Crippen LogP contribution in [0.4, 0.5) is 0 Å². The van der Waals surface area contributed by atoms with Gasteiger partial charge in [0.25, 0.3) is 0 Å². The van der Waals surface area contributed by atoms with E-state index in [4.69, 9.17) is 4.74 Å². The van der Waals surface area contributed by atoms with Gasteiger partial charge >= 0.3 is 0 Å². The maximum Gasteiger partial charge on any atom is 0.119 e. The molecule has 0 aliphatic heterocycles. The Morgan fingerprint density at radius 3 is 2.67 bits per heavy atom. The largest absolute Gasteiger partial charge is 0.491 e. The number of benzene rings is 1. The van der Waals surface area contributed by atoms with Crippen molar-refractivity contribution in [3.05, 3.63) is 29.8 Å². The van der Waals surface area contributed by atoms with E-state index in [1.54, 1.807) is 0 Å². The molecule has 0 radical (unpaired) electrons. The third-order valence-electron chi connectivity index (χ3n) is 4.39. The van der Waals surface area contributed by atoms with Crippen LogP contribution in [-0.4, -0.2) is 30.9 Å². The lowest BCUT2D eigenvalue weighted by Crippen LogP contribution is -2.33. The van der Waals surface area contributed by atoms with Gasteiger partial charge in [0.1, 0.15) is 18.5 Å². The maximum absolute atomic E-state index is 9.95. The van der Waals surface area contributed by atoms with E-state index in [1.807, 2.05) is 12.1 Å². The standard InChI is InChI=1S/C18H29NO2/c1-3-15-6-8-18(9-7-15)21-13-17(20)12-19-11-16-5-4-14(2)10-16/h6-9,14,16-17,19-20H,3-5,10-13H2,1-2H3. The van der Waals surface area contributed by atoms with E-state index in [2.05, 4.69) is 31.3 Å². The minimum absolute atomic E-state index is 0.347. The molecule has 2 N–H and O–H groups in total. The molecule has 1 aromatic carbocycles. The number of ether oxygens (including phenoxy) is 1. The van der Waals surface area contributed by atoms with Crippen molar-refractivity contribution in [3.8, 4) is 5.75 Å². The number of aliphatic hydroxyl groups is 1.